The molecule has 0 saturated carbocycles. The largest absolute Gasteiger partial charge is 0.479 e. The Morgan fingerprint density at radius 2 is 2.05 bits per heavy atom. The number of alkyl halides is 3. The third-order valence-electron chi connectivity index (χ3n) is 3.56. The van der Waals surface area contributed by atoms with Crippen LogP contribution in [0.4, 0.5) is 18.0 Å². The molecule has 1 saturated heterocycles. The summed E-state index contributed by atoms with van der Waals surface area (Å²) in [6.07, 6.45) is -3.64. The van der Waals surface area contributed by atoms with Crippen molar-refractivity contribution < 1.29 is 32.6 Å². The van der Waals surface area contributed by atoms with Crippen LogP contribution in [0.2, 0.25) is 0 Å². The number of carboxylic acids is 1. The van der Waals surface area contributed by atoms with Crippen molar-refractivity contribution in [3.63, 3.8) is 0 Å². The molecule has 0 aromatic rings. The van der Waals surface area contributed by atoms with Gasteiger partial charge in [0, 0.05) is 26.1 Å². The average Bonchev–Trinajstić information content (AvgIpc) is 2.37. The number of piperidine rings is 1. The van der Waals surface area contributed by atoms with Crippen LogP contribution in [0, 0.1) is 5.92 Å². The van der Waals surface area contributed by atoms with Crippen molar-refractivity contribution in [3.05, 3.63) is 0 Å². The van der Waals surface area contributed by atoms with Gasteiger partial charge >= 0.3 is 18.2 Å². The third kappa shape index (κ3) is 3.99. The van der Waals surface area contributed by atoms with Crippen molar-refractivity contribution in [2.45, 2.75) is 31.5 Å². The lowest BCUT2D eigenvalue weighted by Crippen LogP contribution is -2.64. The number of methoxy groups -OCH3 is 1. The minimum absolute atomic E-state index is 0.0384. The number of hydrogen-bond donors (Lipinski definition) is 2. The maximum atomic E-state index is 12.8. The fourth-order valence-electron chi connectivity index (χ4n) is 2.16. The first-order valence-corrected chi connectivity index (χ1v) is 6.48. The first kappa shape index (κ1) is 17.5. The number of likely N-dealkylation sites (tertiary alicyclic amines) is 1. The number of carbonyl (C=O) groups is 2. The molecule has 21 heavy (non-hydrogen) atoms. The number of rotatable bonds is 4. The van der Waals surface area contributed by atoms with Crippen LogP contribution in [-0.2, 0) is 9.53 Å². The SMILES string of the molecule is COCC1CCCN(C(=O)NC(C)(C(=O)O)C(F)(F)F)C1. The maximum Gasteiger partial charge on any atom is 0.422 e. The molecule has 2 N–H and O–H groups in total. The summed E-state index contributed by atoms with van der Waals surface area (Å²) in [5, 5.41) is 10.4. The molecule has 9 heteroatoms. The van der Waals surface area contributed by atoms with Gasteiger partial charge in [0.1, 0.15) is 0 Å². The first-order chi connectivity index (χ1) is 9.61. The zero-order valence-corrected chi connectivity index (χ0v) is 11.9. The highest BCUT2D eigenvalue weighted by atomic mass is 19.4. The van der Waals surface area contributed by atoms with E-state index in [1.54, 1.807) is 5.32 Å². The molecule has 1 aliphatic rings. The van der Waals surface area contributed by atoms with Crippen molar-refractivity contribution in [2.75, 3.05) is 26.8 Å². The van der Waals surface area contributed by atoms with E-state index in [4.69, 9.17) is 9.84 Å². The van der Waals surface area contributed by atoms with E-state index in [1.165, 1.54) is 12.0 Å². The summed E-state index contributed by atoms with van der Waals surface area (Å²) in [5.41, 5.74) is -3.31. The fourth-order valence-corrected chi connectivity index (χ4v) is 2.16. The molecule has 0 radical (unpaired) electrons. The molecule has 0 aromatic heterocycles. The number of carboxylic acid groups (broad SMARTS) is 1. The Balaban J connectivity index is 2.76. The lowest BCUT2D eigenvalue weighted by Gasteiger charge is -2.36. The zero-order chi connectivity index (χ0) is 16.3. The average molecular weight is 312 g/mol. The number of aliphatic carboxylic acids is 1. The second-order valence-corrected chi connectivity index (χ2v) is 5.27. The van der Waals surface area contributed by atoms with Crippen molar-refractivity contribution in [2.24, 2.45) is 5.92 Å². The Labute approximate surface area is 120 Å². The Morgan fingerprint density at radius 1 is 1.43 bits per heavy atom. The quantitative estimate of drug-likeness (QED) is 0.824. The Hall–Kier alpha value is -1.51. The Bertz CT molecular complexity index is 400. The number of nitrogens with zero attached hydrogens (tertiary/aromatic N) is 1. The first-order valence-electron chi connectivity index (χ1n) is 6.48. The fraction of sp³-hybridized carbons (Fsp3) is 0.833. The molecule has 0 spiro atoms. The van der Waals surface area contributed by atoms with Gasteiger partial charge in [-0.3, -0.25) is 0 Å². The lowest BCUT2D eigenvalue weighted by atomic mass is 9.98. The normalized spacial score (nSPS) is 22.5. The standard InChI is InChI=1S/C12H19F3N2O4/c1-11(9(18)19,12(13,14)15)16-10(20)17-5-3-4-8(6-17)7-21-2/h8H,3-7H2,1-2H3,(H,16,20)(H,18,19). The zero-order valence-electron chi connectivity index (χ0n) is 11.9. The molecule has 1 aliphatic heterocycles. The molecule has 0 aliphatic carbocycles. The van der Waals surface area contributed by atoms with Gasteiger partial charge in [-0.15, -0.1) is 0 Å². The molecule has 6 nitrogen and oxygen atoms in total. The molecule has 2 unspecified atom stereocenters. The van der Waals surface area contributed by atoms with Crippen LogP contribution >= 0.6 is 0 Å². The number of nitrogens with one attached hydrogen (secondary N) is 1. The van der Waals surface area contributed by atoms with Gasteiger partial charge in [-0.25, -0.2) is 9.59 Å². The van der Waals surface area contributed by atoms with Crippen molar-refractivity contribution in [3.8, 4) is 0 Å². The van der Waals surface area contributed by atoms with Crippen LogP contribution in [-0.4, -0.2) is 60.5 Å². The molecule has 122 valence electrons. The summed E-state index contributed by atoms with van der Waals surface area (Å²) in [6, 6.07) is -1.03. The number of urea groups is 1. The van der Waals surface area contributed by atoms with E-state index >= 15 is 0 Å². The molecule has 2 amide bonds. The van der Waals surface area contributed by atoms with Crippen LogP contribution in [0.3, 0.4) is 0 Å². The highest BCUT2D eigenvalue weighted by molar-refractivity contribution is 5.86. The van der Waals surface area contributed by atoms with Gasteiger partial charge in [-0.1, -0.05) is 0 Å². The van der Waals surface area contributed by atoms with Crippen LogP contribution in [0.15, 0.2) is 0 Å². The van der Waals surface area contributed by atoms with E-state index in [-0.39, 0.29) is 12.5 Å². The van der Waals surface area contributed by atoms with Gasteiger partial charge in [-0.2, -0.15) is 13.2 Å². The summed E-state index contributed by atoms with van der Waals surface area (Å²) >= 11 is 0. The Morgan fingerprint density at radius 3 is 2.52 bits per heavy atom. The third-order valence-corrected chi connectivity index (χ3v) is 3.56. The summed E-state index contributed by atoms with van der Waals surface area (Å²) in [6.45, 7) is 1.37. The summed E-state index contributed by atoms with van der Waals surface area (Å²) in [5.74, 6) is -2.11. The predicted molar refractivity (Wildman–Crippen MR) is 66.8 cm³/mol. The highest BCUT2D eigenvalue weighted by Gasteiger charge is 2.58. The second kappa shape index (κ2) is 6.50. The number of ether oxygens (including phenoxy) is 1. The van der Waals surface area contributed by atoms with E-state index < -0.39 is 23.7 Å². The molecule has 0 aromatic carbocycles. The van der Waals surface area contributed by atoms with Gasteiger partial charge < -0.3 is 20.1 Å². The van der Waals surface area contributed by atoms with E-state index in [1.807, 2.05) is 0 Å². The van der Waals surface area contributed by atoms with Crippen LogP contribution in [0.25, 0.3) is 0 Å². The van der Waals surface area contributed by atoms with Gasteiger partial charge in [0.05, 0.1) is 6.61 Å². The van der Waals surface area contributed by atoms with Crippen LogP contribution in [0.1, 0.15) is 19.8 Å². The van der Waals surface area contributed by atoms with Crippen molar-refractivity contribution in [1.29, 1.82) is 0 Å². The van der Waals surface area contributed by atoms with E-state index in [9.17, 15) is 22.8 Å². The predicted octanol–water partition coefficient (Wildman–Crippen LogP) is 1.46. The summed E-state index contributed by atoms with van der Waals surface area (Å²) < 4.78 is 43.5. The molecular formula is C12H19F3N2O4. The number of amides is 2. The van der Waals surface area contributed by atoms with Gasteiger partial charge in [-0.05, 0) is 19.8 Å². The van der Waals surface area contributed by atoms with Gasteiger partial charge in [0.15, 0.2) is 0 Å². The highest BCUT2D eigenvalue weighted by Crippen LogP contribution is 2.31. The van der Waals surface area contributed by atoms with Gasteiger partial charge in [0.25, 0.3) is 0 Å². The number of carbonyl (C=O) groups excluding carboxylic acids is 1. The topological polar surface area (TPSA) is 78.9 Å². The smallest absolute Gasteiger partial charge is 0.422 e. The molecule has 1 rings (SSSR count). The van der Waals surface area contributed by atoms with E-state index in [0.717, 1.165) is 6.42 Å². The molecule has 1 heterocycles. The molecule has 0 bridgehead atoms. The maximum absolute atomic E-state index is 12.8. The summed E-state index contributed by atoms with van der Waals surface area (Å²) in [4.78, 5) is 24.0. The van der Waals surface area contributed by atoms with E-state index in [0.29, 0.717) is 26.5 Å². The lowest BCUT2D eigenvalue weighted by molar-refractivity contribution is -0.203. The van der Waals surface area contributed by atoms with Crippen molar-refractivity contribution in [1.82, 2.24) is 10.2 Å². The second-order valence-electron chi connectivity index (χ2n) is 5.27. The Kier molecular flexibility index (Phi) is 5.43. The monoisotopic (exact) mass is 312 g/mol. The van der Waals surface area contributed by atoms with Crippen LogP contribution < -0.4 is 5.32 Å². The van der Waals surface area contributed by atoms with E-state index in [2.05, 4.69) is 0 Å². The number of hydrogen-bond acceptors (Lipinski definition) is 3. The van der Waals surface area contributed by atoms with Crippen molar-refractivity contribution >= 4 is 12.0 Å². The minimum Gasteiger partial charge on any atom is -0.479 e. The molecule has 1 fully saturated rings. The minimum atomic E-state index is -5.09. The number of halogens is 3. The summed E-state index contributed by atoms with van der Waals surface area (Å²) in [7, 11) is 1.50. The van der Waals surface area contributed by atoms with Gasteiger partial charge in [0.2, 0.25) is 5.54 Å². The molecule has 2 atom stereocenters. The van der Waals surface area contributed by atoms with Crippen LogP contribution in [0.5, 0.6) is 0 Å². The molecular weight excluding hydrogens is 293 g/mol.